The van der Waals surface area contributed by atoms with E-state index in [0.717, 1.165) is 12.1 Å². The molecule has 1 unspecified atom stereocenters. The van der Waals surface area contributed by atoms with Crippen LogP contribution in [0.4, 0.5) is 4.39 Å². The third-order valence-electron chi connectivity index (χ3n) is 2.85. The maximum Gasteiger partial charge on any atom is 0.228 e. The van der Waals surface area contributed by atoms with Crippen LogP contribution < -0.4 is 5.32 Å². The summed E-state index contributed by atoms with van der Waals surface area (Å²) < 4.78 is 23.2. The average molecular weight is 279 g/mol. The third-order valence-corrected chi connectivity index (χ3v) is 2.85. The van der Waals surface area contributed by atoms with Gasteiger partial charge in [-0.2, -0.15) is 4.98 Å². The summed E-state index contributed by atoms with van der Waals surface area (Å²) in [6.07, 6.45) is 0.593. The summed E-state index contributed by atoms with van der Waals surface area (Å²) in [5, 5.41) is 7.20. The van der Waals surface area contributed by atoms with Gasteiger partial charge in [0.05, 0.1) is 6.61 Å². The van der Waals surface area contributed by atoms with E-state index in [9.17, 15) is 4.39 Å². The SMILES string of the molecule is CCNC(COC)Cc1nc(-c2ccc(F)cc2)no1. The number of aromatic nitrogens is 2. The first-order chi connectivity index (χ1) is 9.72. The van der Waals surface area contributed by atoms with Crippen LogP contribution in [0.15, 0.2) is 28.8 Å². The molecule has 0 aliphatic rings. The van der Waals surface area contributed by atoms with Crippen molar-refractivity contribution in [2.75, 3.05) is 20.3 Å². The smallest absolute Gasteiger partial charge is 0.228 e. The zero-order chi connectivity index (χ0) is 14.4. The van der Waals surface area contributed by atoms with Gasteiger partial charge in [0.25, 0.3) is 0 Å². The number of nitrogens with zero attached hydrogens (tertiary/aromatic N) is 2. The van der Waals surface area contributed by atoms with Gasteiger partial charge in [0.1, 0.15) is 5.82 Å². The van der Waals surface area contributed by atoms with E-state index >= 15 is 0 Å². The number of ether oxygens (including phenoxy) is 1. The van der Waals surface area contributed by atoms with Crippen LogP contribution in [-0.4, -0.2) is 36.4 Å². The Morgan fingerprint density at radius 2 is 2.10 bits per heavy atom. The number of nitrogens with one attached hydrogen (secondary N) is 1. The minimum Gasteiger partial charge on any atom is -0.383 e. The Balaban J connectivity index is 2.06. The van der Waals surface area contributed by atoms with E-state index < -0.39 is 0 Å². The summed E-state index contributed by atoms with van der Waals surface area (Å²) in [5.41, 5.74) is 0.730. The standard InChI is InChI=1S/C14H18FN3O2/c1-3-16-12(9-19-2)8-13-17-14(18-20-13)10-4-6-11(15)7-5-10/h4-7,12,16H,3,8-9H2,1-2H3. The fourth-order valence-electron chi connectivity index (χ4n) is 1.94. The van der Waals surface area contributed by atoms with Crippen molar-refractivity contribution in [2.24, 2.45) is 0 Å². The number of hydrogen-bond donors (Lipinski definition) is 1. The third kappa shape index (κ3) is 3.85. The van der Waals surface area contributed by atoms with Gasteiger partial charge >= 0.3 is 0 Å². The zero-order valence-electron chi connectivity index (χ0n) is 11.6. The second-order valence-electron chi connectivity index (χ2n) is 4.43. The van der Waals surface area contributed by atoms with E-state index in [4.69, 9.17) is 9.26 Å². The lowest BCUT2D eigenvalue weighted by atomic mass is 10.2. The summed E-state index contributed by atoms with van der Waals surface area (Å²) in [7, 11) is 1.65. The highest BCUT2D eigenvalue weighted by Crippen LogP contribution is 2.16. The Labute approximate surface area is 117 Å². The lowest BCUT2D eigenvalue weighted by molar-refractivity contribution is 0.162. The van der Waals surface area contributed by atoms with Crippen LogP contribution in [0.1, 0.15) is 12.8 Å². The number of rotatable bonds is 7. The monoisotopic (exact) mass is 279 g/mol. The first kappa shape index (κ1) is 14.6. The van der Waals surface area contributed by atoms with E-state index in [-0.39, 0.29) is 11.9 Å². The van der Waals surface area contributed by atoms with Crippen LogP contribution in [-0.2, 0) is 11.2 Å². The number of benzene rings is 1. The summed E-state index contributed by atoms with van der Waals surface area (Å²) in [6.45, 7) is 3.44. The molecule has 1 N–H and O–H groups in total. The largest absolute Gasteiger partial charge is 0.383 e. The topological polar surface area (TPSA) is 60.2 Å². The van der Waals surface area contributed by atoms with E-state index in [0.29, 0.717) is 24.7 Å². The maximum atomic E-state index is 12.9. The van der Waals surface area contributed by atoms with Gasteiger partial charge in [-0.25, -0.2) is 4.39 Å². The normalized spacial score (nSPS) is 12.6. The van der Waals surface area contributed by atoms with Crippen molar-refractivity contribution in [3.63, 3.8) is 0 Å². The highest BCUT2D eigenvalue weighted by Gasteiger charge is 2.14. The van der Waals surface area contributed by atoms with Gasteiger partial charge in [-0.3, -0.25) is 0 Å². The van der Waals surface area contributed by atoms with Gasteiger partial charge < -0.3 is 14.6 Å². The zero-order valence-corrected chi connectivity index (χ0v) is 11.6. The van der Waals surface area contributed by atoms with Gasteiger partial charge in [0.15, 0.2) is 0 Å². The van der Waals surface area contributed by atoms with E-state index in [2.05, 4.69) is 15.5 Å². The first-order valence-electron chi connectivity index (χ1n) is 6.53. The quantitative estimate of drug-likeness (QED) is 0.840. The molecule has 5 nitrogen and oxygen atoms in total. The molecule has 0 bridgehead atoms. The lowest BCUT2D eigenvalue weighted by Crippen LogP contribution is -2.35. The highest BCUT2D eigenvalue weighted by molar-refractivity contribution is 5.53. The van der Waals surface area contributed by atoms with Gasteiger partial charge in [-0.05, 0) is 30.8 Å². The average Bonchev–Trinajstić information content (AvgIpc) is 2.89. The van der Waals surface area contributed by atoms with Crippen LogP contribution in [0.2, 0.25) is 0 Å². The van der Waals surface area contributed by atoms with Crippen LogP contribution in [0, 0.1) is 5.82 Å². The molecule has 0 saturated carbocycles. The van der Waals surface area contributed by atoms with Crippen molar-refractivity contribution < 1.29 is 13.7 Å². The summed E-state index contributed by atoms with van der Waals surface area (Å²) in [5.74, 6) is 0.713. The van der Waals surface area contributed by atoms with Gasteiger partial charge in [-0.1, -0.05) is 12.1 Å². The molecule has 0 aliphatic heterocycles. The Kier molecular flexibility index (Phi) is 5.20. The fraction of sp³-hybridized carbons (Fsp3) is 0.429. The second kappa shape index (κ2) is 7.12. The van der Waals surface area contributed by atoms with Crippen LogP contribution in [0.25, 0.3) is 11.4 Å². The maximum absolute atomic E-state index is 12.9. The van der Waals surface area contributed by atoms with Crippen molar-refractivity contribution in [3.8, 4) is 11.4 Å². The summed E-state index contributed by atoms with van der Waals surface area (Å²) in [6, 6.07) is 6.13. The molecule has 0 radical (unpaired) electrons. The second-order valence-corrected chi connectivity index (χ2v) is 4.43. The van der Waals surface area contributed by atoms with Gasteiger partial charge in [0, 0.05) is 25.1 Å². The molecule has 20 heavy (non-hydrogen) atoms. The molecule has 0 spiro atoms. The summed E-state index contributed by atoms with van der Waals surface area (Å²) in [4.78, 5) is 4.32. The van der Waals surface area contributed by atoms with Gasteiger partial charge in [0.2, 0.25) is 11.7 Å². The molecule has 0 fully saturated rings. The molecule has 2 aromatic rings. The molecule has 1 aromatic heterocycles. The number of halogens is 1. The molecule has 0 aliphatic carbocycles. The predicted octanol–water partition coefficient (Wildman–Crippen LogP) is 2.04. The van der Waals surface area contributed by atoms with Crippen molar-refractivity contribution in [1.82, 2.24) is 15.5 Å². The molecule has 1 aromatic carbocycles. The van der Waals surface area contributed by atoms with Crippen LogP contribution in [0.5, 0.6) is 0 Å². The lowest BCUT2D eigenvalue weighted by Gasteiger charge is -2.14. The molecule has 1 atom stereocenters. The van der Waals surface area contributed by atoms with Crippen molar-refractivity contribution in [2.45, 2.75) is 19.4 Å². The Bertz CT molecular complexity index is 521. The minimum atomic E-state index is -0.287. The minimum absolute atomic E-state index is 0.131. The van der Waals surface area contributed by atoms with E-state index in [1.165, 1.54) is 12.1 Å². The molecular formula is C14H18FN3O2. The molecular weight excluding hydrogens is 261 g/mol. The molecule has 2 rings (SSSR count). The Morgan fingerprint density at radius 1 is 1.35 bits per heavy atom. The van der Waals surface area contributed by atoms with Crippen molar-refractivity contribution in [1.29, 1.82) is 0 Å². The van der Waals surface area contributed by atoms with Crippen LogP contribution in [0.3, 0.4) is 0 Å². The number of methoxy groups -OCH3 is 1. The van der Waals surface area contributed by atoms with Gasteiger partial charge in [-0.15, -0.1) is 0 Å². The predicted molar refractivity (Wildman–Crippen MR) is 72.7 cm³/mol. The highest BCUT2D eigenvalue weighted by atomic mass is 19.1. The number of hydrogen-bond acceptors (Lipinski definition) is 5. The fourth-order valence-corrected chi connectivity index (χ4v) is 1.94. The van der Waals surface area contributed by atoms with Crippen molar-refractivity contribution in [3.05, 3.63) is 36.0 Å². The Hall–Kier alpha value is -1.79. The molecule has 1 heterocycles. The molecule has 108 valence electrons. The van der Waals surface area contributed by atoms with E-state index in [1.54, 1.807) is 19.2 Å². The Morgan fingerprint density at radius 3 is 2.75 bits per heavy atom. The molecule has 6 heteroatoms. The molecule has 0 amide bonds. The summed E-state index contributed by atoms with van der Waals surface area (Å²) >= 11 is 0. The first-order valence-corrected chi connectivity index (χ1v) is 6.53. The number of likely N-dealkylation sites (N-methyl/N-ethyl adjacent to an activating group) is 1. The van der Waals surface area contributed by atoms with E-state index in [1.807, 2.05) is 6.92 Å². The van der Waals surface area contributed by atoms with Crippen molar-refractivity contribution >= 4 is 0 Å². The molecule has 0 saturated heterocycles. The van der Waals surface area contributed by atoms with Crippen LogP contribution >= 0.6 is 0 Å².